The Morgan fingerprint density at radius 1 is 1.57 bits per heavy atom. The second-order valence-corrected chi connectivity index (χ2v) is 2.64. The topological polar surface area (TPSA) is 39.2 Å². The lowest BCUT2D eigenvalue weighted by atomic mass is 10.3. The molecule has 0 radical (unpaired) electrons. The summed E-state index contributed by atoms with van der Waals surface area (Å²) >= 11 is 0. The summed E-state index contributed by atoms with van der Waals surface area (Å²) in [6.45, 7) is 1.78. The maximum atomic E-state index is 12.9. The van der Waals surface area contributed by atoms with E-state index in [0.717, 1.165) is 12.3 Å². The predicted molar refractivity (Wildman–Crippen MR) is 44.7 cm³/mol. The molecule has 0 atom stereocenters. The van der Waals surface area contributed by atoms with Gasteiger partial charge >= 0.3 is 5.97 Å². The van der Waals surface area contributed by atoms with E-state index in [9.17, 15) is 13.6 Å². The van der Waals surface area contributed by atoms with Gasteiger partial charge in [0.25, 0.3) is 5.95 Å². The Kier molecular flexibility index (Phi) is 3.50. The molecule has 76 valence electrons. The van der Waals surface area contributed by atoms with Crippen LogP contribution in [0.1, 0.15) is 19.8 Å². The van der Waals surface area contributed by atoms with E-state index in [1.54, 1.807) is 6.92 Å². The molecule has 0 saturated carbocycles. The average molecular weight is 201 g/mol. The molecule has 1 aromatic heterocycles. The molecule has 1 heterocycles. The van der Waals surface area contributed by atoms with Gasteiger partial charge in [0.1, 0.15) is 0 Å². The number of hydrogen-bond donors (Lipinski definition) is 0. The van der Waals surface area contributed by atoms with E-state index in [1.807, 2.05) is 0 Å². The lowest BCUT2D eigenvalue weighted by Crippen LogP contribution is -2.09. The standard InChI is InChI=1S/C9H9F2NO2/c1-2-3-7(13)14-6-4-5-12-9(11)8(6)10/h4-5H,2-3H2,1H3. The van der Waals surface area contributed by atoms with Gasteiger partial charge in [-0.25, -0.2) is 4.98 Å². The lowest BCUT2D eigenvalue weighted by molar-refractivity contribution is -0.134. The number of esters is 1. The van der Waals surface area contributed by atoms with Crippen LogP contribution in [-0.2, 0) is 4.79 Å². The number of hydrogen-bond acceptors (Lipinski definition) is 3. The molecule has 0 aliphatic heterocycles. The first kappa shape index (κ1) is 10.6. The van der Waals surface area contributed by atoms with Crippen molar-refractivity contribution in [1.82, 2.24) is 4.98 Å². The Morgan fingerprint density at radius 2 is 2.29 bits per heavy atom. The highest BCUT2D eigenvalue weighted by Gasteiger charge is 2.12. The first-order valence-electron chi connectivity index (χ1n) is 4.15. The molecule has 0 fully saturated rings. The van der Waals surface area contributed by atoms with Gasteiger partial charge in [-0.3, -0.25) is 4.79 Å². The van der Waals surface area contributed by atoms with E-state index in [0.29, 0.717) is 6.42 Å². The number of carbonyl (C=O) groups is 1. The number of rotatable bonds is 3. The molecule has 1 aromatic rings. The normalized spacial score (nSPS) is 9.93. The van der Waals surface area contributed by atoms with E-state index in [2.05, 4.69) is 9.72 Å². The highest BCUT2D eigenvalue weighted by molar-refractivity contribution is 5.72. The Morgan fingerprint density at radius 3 is 2.93 bits per heavy atom. The molecule has 0 unspecified atom stereocenters. The minimum atomic E-state index is -1.27. The van der Waals surface area contributed by atoms with Gasteiger partial charge in [0.15, 0.2) is 5.75 Å². The van der Waals surface area contributed by atoms with Gasteiger partial charge in [-0.2, -0.15) is 8.78 Å². The molecule has 0 saturated heterocycles. The largest absolute Gasteiger partial charge is 0.423 e. The highest BCUT2D eigenvalue weighted by Crippen LogP contribution is 2.17. The number of nitrogens with zero attached hydrogens (tertiary/aromatic N) is 1. The Hall–Kier alpha value is -1.52. The lowest BCUT2D eigenvalue weighted by Gasteiger charge is -2.03. The summed E-state index contributed by atoms with van der Waals surface area (Å²) in [6.07, 6.45) is 1.80. The number of pyridine rings is 1. The van der Waals surface area contributed by atoms with Crippen molar-refractivity contribution in [2.24, 2.45) is 0 Å². The minimum absolute atomic E-state index is 0.170. The van der Waals surface area contributed by atoms with Crippen LogP contribution in [0, 0.1) is 11.8 Å². The van der Waals surface area contributed by atoms with Crippen LogP contribution in [0.4, 0.5) is 8.78 Å². The second kappa shape index (κ2) is 4.64. The Balaban J connectivity index is 2.76. The van der Waals surface area contributed by atoms with Crippen molar-refractivity contribution < 1.29 is 18.3 Å². The van der Waals surface area contributed by atoms with Crippen molar-refractivity contribution >= 4 is 5.97 Å². The fourth-order valence-corrected chi connectivity index (χ4v) is 0.859. The maximum Gasteiger partial charge on any atom is 0.311 e. The summed E-state index contributed by atoms with van der Waals surface area (Å²) in [4.78, 5) is 14.0. The fraction of sp³-hybridized carbons (Fsp3) is 0.333. The second-order valence-electron chi connectivity index (χ2n) is 2.64. The maximum absolute atomic E-state index is 12.9. The molecule has 0 bridgehead atoms. The molecule has 1 rings (SSSR count). The van der Waals surface area contributed by atoms with Crippen LogP contribution in [0.5, 0.6) is 5.75 Å². The predicted octanol–water partition coefficient (Wildman–Crippen LogP) is 2.07. The van der Waals surface area contributed by atoms with Crippen molar-refractivity contribution in [2.75, 3.05) is 0 Å². The van der Waals surface area contributed by atoms with Gasteiger partial charge in [-0.05, 0) is 6.42 Å². The molecule has 0 aliphatic carbocycles. The van der Waals surface area contributed by atoms with Gasteiger partial charge in [-0.15, -0.1) is 0 Å². The molecular formula is C9H9F2NO2. The zero-order valence-electron chi connectivity index (χ0n) is 7.59. The van der Waals surface area contributed by atoms with Crippen LogP contribution in [0.2, 0.25) is 0 Å². The van der Waals surface area contributed by atoms with Gasteiger partial charge in [0.2, 0.25) is 5.82 Å². The number of carbonyl (C=O) groups excluding carboxylic acids is 1. The van der Waals surface area contributed by atoms with E-state index >= 15 is 0 Å². The summed E-state index contributed by atoms with van der Waals surface area (Å²) in [6, 6.07) is 1.10. The van der Waals surface area contributed by atoms with Crippen molar-refractivity contribution in [3.05, 3.63) is 24.0 Å². The van der Waals surface area contributed by atoms with Gasteiger partial charge in [0.05, 0.1) is 0 Å². The minimum Gasteiger partial charge on any atom is -0.423 e. The average Bonchev–Trinajstić information content (AvgIpc) is 2.13. The highest BCUT2D eigenvalue weighted by atomic mass is 19.2. The Bertz CT molecular complexity index is 342. The molecule has 0 N–H and O–H groups in total. The summed E-state index contributed by atoms with van der Waals surface area (Å²) in [5.74, 6) is -3.52. The smallest absolute Gasteiger partial charge is 0.311 e. The van der Waals surface area contributed by atoms with Gasteiger partial charge < -0.3 is 4.74 Å². The number of aromatic nitrogens is 1. The molecular weight excluding hydrogens is 192 g/mol. The SMILES string of the molecule is CCCC(=O)Oc1ccnc(F)c1F. The van der Waals surface area contributed by atoms with Crippen LogP contribution in [-0.4, -0.2) is 11.0 Å². The molecule has 0 amide bonds. The zero-order chi connectivity index (χ0) is 10.6. The van der Waals surface area contributed by atoms with Crippen molar-refractivity contribution in [1.29, 1.82) is 0 Å². The van der Waals surface area contributed by atoms with Crippen LogP contribution in [0.15, 0.2) is 12.3 Å². The monoisotopic (exact) mass is 201 g/mol. The third-order valence-electron chi connectivity index (χ3n) is 1.49. The first-order chi connectivity index (χ1) is 6.65. The summed E-state index contributed by atoms with van der Waals surface area (Å²) < 4.78 is 30.0. The molecule has 14 heavy (non-hydrogen) atoms. The molecule has 0 aliphatic rings. The number of halogens is 2. The van der Waals surface area contributed by atoms with Crippen LogP contribution < -0.4 is 4.74 Å². The molecule has 5 heteroatoms. The number of ether oxygens (including phenoxy) is 1. The van der Waals surface area contributed by atoms with E-state index in [1.165, 1.54) is 0 Å². The van der Waals surface area contributed by atoms with Crippen LogP contribution in [0.3, 0.4) is 0 Å². The summed E-state index contributed by atoms with van der Waals surface area (Å²) in [5.41, 5.74) is 0. The zero-order valence-corrected chi connectivity index (χ0v) is 7.59. The van der Waals surface area contributed by atoms with Crippen molar-refractivity contribution in [2.45, 2.75) is 19.8 Å². The summed E-state index contributed by atoms with van der Waals surface area (Å²) in [7, 11) is 0. The van der Waals surface area contributed by atoms with E-state index in [-0.39, 0.29) is 6.42 Å². The summed E-state index contributed by atoms with van der Waals surface area (Å²) in [5, 5.41) is 0. The van der Waals surface area contributed by atoms with Crippen molar-refractivity contribution in [3.63, 3.8) is 0 Å². The molecule has 0 spiro atoms. The fourth-order valence-electron chi connectivity index (χ4n) is 0.859. The first-order valence-corrected chi connectivity index (χ1v) is 4.15. The van der Waals surface area contributed by atoms with Crippen molar-refractivity contribution in [3.8, 4) is 5.75 Å². The molecule has 0 aromatic carbocycles. The van der Waals surface area contributed by atoms with Gasteiger partial charge in [0, 0.05) is 18.7 Å². The molecule has 3 nitrogen and oxygen atoms in total. The quantitative estimate of drug-likeness (QED) is 0.555. The van der Waals surface area contributed by atoms with Gasteiger partial charge in [-0.1, -0.05) is 6.92 Å². The third kappa shape index (κ3) is 2.48. The van der Waals surface area contributed by atoms with Crippen LogP contribution >= 0.6 is 0 Å². The van der Waals surface area contributed by atoms with E-state index in [4.69, 9.17) is 0 Å². The Labute approximate surface area is 79.7 Å². The van der Waals surface area contributed by atoms with Crippen LogP contribution in [0.25, 0.3) is 0 Å². The van der Waals surface area contributed by atoms with E-state index < -0.39 is 23.5 Å². The third-order valence-corrected chi connectivity index (χ3v) is 1.49.